The summed E-state index contributed by atoms with van der Waals surface area (Å²) in [7, 11) is 0. The van der Waals surface area contributed by atoms with Crippen LogP contribution >= 0.6 is 12.4 Å². The second-order valence-electron chi connectivity index (χ2n) is 8.12. The van der Waals surface area contributed by atoms with Gasteiger partial charge in [0.05, 0.1) is 25.5 Å². The lowest BCUT2D eigenvalue weighted by Crippen LogP contribution is -2.25. The molecule has 1 atom stereocenters. The topological polar surface area (TPSA) is 62.8 Å². The first-order chi connectivity index (χ1) is 16.7. The number of nitrogens with zero attached hydrogens (tertiary/aromatic N) is 4. The Balaban J connectivity index is 0.00000342. The molecule has 1 saturated heterocycles. The van der Waals surface area contributed by atoms with Gasteiger partial charge in [-0.15, -0.1) is 12.4 Å². The summed E-state index contributed by atoms with van der Waals surface area (Å²) in [6.07, 6.45) is 2.91. The lowest BCUT2D eigenvalue weighted by Gasteiger charge is -2.24. The molecule has 35 heavy (non-hydrogen) atoms. The number of halogens is 2. The summed E-state index contributed by atoms with van der Waals surface area (Å²) in [4.78, 5) is 16.6. The zero-order chi connectivity index (χ0) is 23.8. The number of hydroxylamine groups is 1. The minimum Gasteiger partial charge on any atom is -0.494 e. The Labute approximate surface area is 212 Å². The van der Waals surface area contributed by atoms with Crippen LogP contribution in [-0.4, -0.2) is 47.7 Å². The fourth-order valence-electron chi connectivity index (χ4n) is 4.01. The van der Waals surface area contributed by atoms with Crippen LogP contribution in [-0.2, 0) is 4.84 Å². The van der Waals surface area contributed by atoms with E-state index in [1.54, 1.807) is 5.06 Å². The van der Waals surface area contributed by atoms with Crippen LogP contribution in [0, 0.1) is 5.82 Å². The third-order valence-electron chi connectivity index (χ3n) is 5.92. The summed E-state index contributed by atoms with van der Waals surface area (Å²) in [5.74, 6) is 0.701. The zero-order valence-corrected chi connectivity index (χ0v) is 21.0. The molecular weight excluding hydrogens is 469 g/mol. The molecule has 188 valence electrons. The Kier molecular flexibility index (Phi) is 10.1. The van der Waals surface area contributed by atoms with E-state index in [9.17, 15) is 4.39 Å². The Morgan fingerprint density at radius 3 is 2.57 bits per heavy atom. The van der Waals surface area contributed by atoms with Gasteiger partial charge in [-0.1, -0.05) is 44.2 Å². The van der Waals surface area contributed by atoms with Crippen molar-refractivity contribution in [2.75, 3.05) is 43.2 Å². The quantitative estimate of drug-likeness (QED) is 0.334. The maximum Gasteiger partial charge on any atom is 0.229 e. The van der Waals surface area contributed by atoms with Crippen LogP contribution < -0.4 is 15.1 Å². The smallest absolute Gasteiger partial charge is 0.229 e. The van der Waals surface area contributed by atoms with Gasteiger partial charge in [-0.25, -0.2) is 14.4 Å². The van der Waals surface area contributed by atoms with E-state index in [-0.39, 0.29) is 24.3 Å². The van der Waals surface area contributed by atoms with Crippen LogP contribution in [0.2, 0.25) is 0 Å². The van der Waals surface area contributed by atoms with Crippen molar-refractivity contribution in [3.05, 3.63) is 72.2 Å². The first-order valence-corrected chi connectivity index (χ1v) is 11.9. The standard InChI is InChI=1S/C26H32FN5O2.ClH/c1-3-31(4-2)16-8-17-33-22-13-11-21(12-14-22)29-26-28-19-23(27)25(30-26)32-24(15-18-34-32)20-9-6-5-7-10-20;/h5-7,9-14,19,24H,3-4,8,15-18H2,1-2H3,(H,28,29,30);1H/t24-;/m0./s1. The molecule has 1 aliphatic heterocycles. The molecule has 2 heterocycles. The molecule has 1 fully saturated rings. The molecule has 7 nitrogen and oxygen atoms in total. The molecule has 4 rings (SSSR count). The highest BCUT2D eigenvalue weighted by Gasteiger charge is 2.31. The highest BCUT2D eigenvalue weighted by molar-refractivity contribution is 5.85. The van der Waals surface area contributed by atoms with E-state index in [1.165, 1.54) is 6.20 Å². The number of ether oxygens (including phenoxy) is 1. The van der Waals surface area contributed by atoms with Crippen LogP contribution in [0.15, 0.2) is 60.8 Å². The van der Waals surface area contributed by atoms with Gasteiger partial charge in [0.15, 0.2) is 11.6 Å². The van der Waals surface area contributed by atoms with E-state index in [2.05, 4.69) is 34.0 Å². The summed E-state index contributed by atoms with van der Waals surface area (Å²) in [5.41, 5.74) is 1.84. The second kappa shape index (κ2) is 13.2. The number of anilines is 3. The Morgan fingerprint density at radius 2 is 1.86 bits per heavy atom. The molecule has 0 bridgehead atoms. The van der Waals surface area contributed by atoms with E-state index in [0.29, 0.717) is 19.2 Å². The molecule has 0 unspecified atom stereocenters. The fraction of sp³-hybridized carbons (Fsp3) is 0.385. The van der Waals surface area contributed by atoms with Crippen molar-refractivity contribution >= 4 is 29.9 Å². The monoisotopic (exact) mass is 501 g/mol. The highest BCUT2D eigenvalue weighted by atomic mass is 35.5. The number of aromatic nitrogens is 2. The van der Waals surface area contributed by atoms with Gasteiger partial charge in [0.2, 0.25) is 5.95 Å². The summed E-state index contributed by atoms with van der Waals surface area (Å²) < 4.78 is 20.5. The summed E-state index contributed by atoms with van der Waals surface area (Å²) in [6, 6.07) is 17.4. The fourth-order valence-corrected chi connectivity index (χ4v) is 4.01. The van der Waals surface area contributed by atoms with Gasteiger partial charge in [-0.2, -0.15) is 4.98 Å². The van der Waals surface area contributed by atoms with Crippen molar-refractivity contribution < 1.29 is 14.0 Å². The van der Waals surface area contributed by atoms with Crippen LogP contribution in [0.25, 0.3) is 0 Å². The number of nitrogens with one attached hydrogen (secondary N) is 1. The summed E-state index contributed by atoms with van der Waals surface area (Å²) in [6.45, 7) is 8.66. The van der Waals surface area contributed by atoms with Crippen LogP contribution in [0.1, 0.15) is 38.3 Å². The van der Waals surface area contributed by atoms with Crippen LogP contribution in [0.5, 0.6) is 5.75 Å². The predicted octanol–water partition coefficient (Wildman–Crippen LogP) is 5.77. The average Bonchev–Trinajstić information content (AvgIpc) is 3.37. The van der Waals surface area contributed by atoms with Crippen LogP contribution in [0.4, 0.5) is 21.8 Å². The maximum atomic E-state index is 14.7. The Hall–Kier alpha value is -2.94. The SMILES string of the molecule is CCN(CC)CCCOc1ccc(Nc2ncc(F)c(N3OCC[C@H]3c3ccccc3)n2)cc1.Cl. The molecule has 2 aromatic carbocycles. The number of hydrogen-bond donors (Lipinski definition) is 1. The van der Waals surface area contributed by atoms with E-state index >= 15 is 0 Å². The third-order valence-corrected chi connectivity index (χ3v) is 5.92. The van der Waals surface area contributed by atoms with Gasteiger partial charge in [0.25, 0.3) is 0 Å². The van der Waals surface area contributed by atoms with E-state index < -0.39 is 5.82 Å². The molecule has 9 heteroatoms. The average molecular weight is 502 g/mol. The minimum atomic E-state index is -0.526. The van der Waals surface area contributed by atoms with Crippen molar-refractivity contribution in [3.63, 3.8) is 0 Å². The van der Waals surface area contributed by atoms with E-state index in [0.717, 1.165) is 49.5 Å². The van der Waals surface area contributed by atoms with Crippen molar-refractivity contribution in [1.82, 2.24) is 14.9 Å². The summed E-state index contributed by atoms with van der Waals surface area (Å²) in [5, 5.41) is 4.69. The molecule has 0 amide bonds. The van der Waals surface area contributed by atoms with Gasteiger partial charge in [-0.05, 0) is 49.3 Å². The summed E-state index contributed by atoms with van der Waals surface area (Å²) >= 11 is 0. The second-order valence-corrected chi connectivity index (χ2v) is 8.12. The molecule has 3 aromatic rings. The third kappa shape index (κ3) is 7.04. The van der Waals surface area contributed by atoms with Crippen molar-refractivity contribution in [2.24, 2.45) is 0 Å². The van der Waals surface area contributed by atoms with Crippen molar-refractivity contribution in [3.8, 4) is 5.75 Å². The largest absolute Gasteiger partial charge is 0.494 e. The Morgan fingerprint density at radius 1 is 1.11 bits per heavy atom. The number of benzene rings is 2. The number of hydrogen-bond acceptors (Lipinski definition) is 7. The number of rotatable bonds is 11. The lowest BCUT2D eigenvalue weighted by atomic mass is 10.0. The van der Waals surface area contributed by atoms with Gasteiger partial charge in [0, 0.05) is 18.7 Å². The molecule has 1 N–H and O–H groups in total. The van der Waals surface area contributed by atoms with Gasteiger partial charge < -0.3 is 15.0 Å². The molecule has 0 saturated carbocycles. The molecule has 1 aliphatic rings. The minimum absolute atomic E-state index is 0. The zero-order valence-electron chi connectivity index (χ0n) is 20.2. The predicted molar refractivity (Wildman–Crippen MR) is 139 cm³/mol. The molecule has 0 aliphatic carbocycles. The lowest BCUT2D eigenvalue weighted by molar-refractivity contribution is 0.154. The van der Waals surface area contributed by atoms with E-state index in [1.807, 2.05) is 54.6 Å². The molecule has 0 radical (unpaired) electrons. The van der Waals surface area contributed by atoms with Gasteiger partial charge in [0.1, 0.15) is 5.75 Å². The first-order valence-electron chi connectivity index (χ1n) is 11.9. The van der Waals surface area contributed by atoms with Crippen molar-refractivity contribution in [1.29, 1.82) is 0 Å². The van der Waals surface area contributed by atoms with Gasteiger partial charge >= 0.3 is 0 Å². The molecule has 0 spiro atoms. The Bertz CT molecular complexity index is 1040. The van der Waals surface area contributed by atoms with E-state index in [4.69, 9.17) is 9.57 Å². The van der Waals surface area contributed by atoms with Gasteiger partial charge in [-0.3, -0.25) is 4.84 Å². The van der Waals surface area contributed by atoms with Crippen LogP contribution in [0.3, 0.4) is 0 Å². The molecular formula is C26H33ClFN5O2. The first kappa shape index (κ1) is 26.7. The maximum absolute atomic E-state index is 14.7. The highest BCUT2D eigenvalue weighted by Crippen LogP contribution is 2.35. The molecule has 1 aromatic heterocycles. The van der Waals surface area contributed by atoms with Crippen molar-refractivity contribution in [2.45, 2.75) is 32.7 Å². The normalized spacial score (nSPS) is 15.2.